The van der Waals surface area contributed by atoms with Crippen molar-refractivity contribution in [1.29, 1.82) is 0 Å². The Balaban J connectivity index is 1.64. The van der Waals surface area contributed by atoms with Gasteiger partial charge in [-0.3, -0.25) is 9.69 Å². The topological polar surface area (TPSA) is 105 Å². The second-order valence-electron chi connectivity index (χ2n) is 9.87. The zero-order chi connectivity index (χ0) is 26.3. The number of rotatable bonds is 2. The van der Waals surface area contributed by atoms with E-state index in [1.165, 1.54) is 12.1 Å². The Bertz CT molecular complexity index is 1440. The molecule has 9 nitrogen and oxygen atoms in total. The summed E-state index contributed by atoms with van der Waals surface area (Å²) in [6, 6.07) is 13.8. The molecular formula is C27H31N5O4S. The molecule has 0 aliphatic carbocycles. The molecule has 5 rings (SSSR count). The highest BCUT2D eigenvalue weighted by molar-refractivity contribution is 7.92. The summed E-state index contributed by atoms with van der Waals surface area (Å²) < 4.78 is 35.3. The SMILES string of the molecule is Cc1cccc(C)c1-c1cc2nc(n1)NS(=O)(=O)c1cccc(c1)C(=O)N1CCN(C(C)C)C[C@@H]1CO2. The molecule has 0 spiro atoms. The Hall–Kier alpha value is -3.50. The molecule has 1 aromatic heterocycles. The predicted molar refractivity (Wildman–Crippen MR) is 141 cm³/mol. The van der Waals surface area contributed by atoms with E-state index in [9.17, 15) is 13.2 Å². The number of ether oxygens (including phenoxy) is 1. The fourth-order valence-electron chi connectivity index (χ4n) is 4.97. The van der Waals surface area contributed by atoms with Crippen LogP contribution in [0.3, 0.4) is 0 Å². The quantitative estimate of drug-likeness (QED) is 0.550. The highest BCUT2D eigenvalue weighted by atomic mass is 32.2. The molecule has 0 radical (unpaired) electrons. The van der Waals surface area contributed by atoms with Gasteiger partial charge in [0, 0.05) is 42.9 Å². The molecule has 0 saturated carbocycles. The van der Waals surface area contributed by atoms with Gasteiger partial charge in [-0.25, -0.2) is 18.1 Å². The van der Waals surface area contributed by atoms with E-state index in [0.717, 1.165) is 23.2 Å². The number of aromatic nitrogens is 2. The number of fused-ring (bicyclic) bond motifs is 5. The lowest BCUT2D eigenvalue weighted by Gasteiger charge is -2.42. The monoisotopic (exact) mass is 521 g/mol. The van der Waals surface area contributed by atoms with Crippen LogP contribution in [-0.4, -0.2) is 72.4 Å². The van der Waals surface area contributed by atoms with Crippen molar-refractivity contribution in [3.8, 4) is 17.1 Å². The number of carbonyl (C=O) groups excluding carboxylic acids is 1. The molecular weight excluding hydrogens is 490 g/mol. The molecule has 1 atom stereocenters. The Kier molecular flexibility index (Phi) is 6.63. The average molecular weight is 522 g/mol. The number of piperazine rings is 1. The third-order valence-electron chi connectivity index (χ3n) is 6.99. The number of amides is 1. The first-order valence-electron chi connectivity index (χ1n) is 12.4. The zero-order valence-corrected chi connectivity index (χ0v) is 22.2. The highest BCUT2D eigenvalue weighted by Gasteiger charge is 2.33. The average Bonchev–Trinajstić information content (AvgIpc) is 2.86. The molecule has 3 heterocycles. The van der Waals surface area contributed by atoms with Crippen molar-refractivity contribution in [2.24, 2.45) is 0 Å². The summed E-state index contributed by atoms with van der Waals surface area (Å²) in [5.74, 6) is -0.0665. The normalized spacial score (nSPS) is 19.6. The summed E-state index contributed by atoms with van der Waals surface area (Å²) in [6.07, 6.45) is 0. The van der Waals surface area contributed by atoms with E-state index < -0.39 is 10.0 Å². The van der Waals surface area contributed by atoms with Crippen molar-refractivity contribution in [1.82, 2.24) is 19.8 Å². The van der Waals surface area contributed by atoms with Crippen LogP contribution in [0.25, 0.3) is 11.3 Å². The molecule has 194 valence electrons. The molecule has 1 saturated heterocycles. The van der Waals surface area contributed by atoms with Crippen molar-refractivity contribution < 1.29 is 17.9 Å². The first-order chi connectivity index (χ1) is 17.6. The maximum atomic E-state index is 13.5. The minimum Gasteiger partial charge on any atom is -0.475 e. The number of aryl methyl sites for hydroxylation is 2. The summed E-state index contributed by atoms with van der Waals surface area (Å²) >= 11 is 0. The van der Waals surface area contributed by atoms with Crippen molar-refractivity contribution in [3.63, 3.8) is 0 Å². The smallest absolute Gasteiger partial charge is 0.264 e. The Labute approximate surface area is 217 Å². The van der Waals surface area contributed by atoms with Crippen LogP contribution in [-0.2, 0) is 10.0 Å². The number of sulfonamides is 1. The third-order valence-corrected chi connectivity index (χ3v) is 8.31. The summed E-state index contributed by atoms with van der Waals surface area (Å²) in [6.45, 7) is 10.3. The lowest BCUT2D eigenvalue weighted by atomic mass is 10.00. The largest absolute Gasteiger partial charge is 0.475 e. The van der Waals surface area contributed by atoms with Gasteiger partial charge in [-0.2, -0.15) is 4.98 Å². The summed E-state index contributed by atoms with van der Waals surface area (Å²) in [7, 11) is -4.06. The van der Waals surface area contributed by atoms with E-state index in [2.05, 4.69) is 33.4 Å². The van der Waals surface area contributed by atoms with Crippen LogP contribution >= 0.6 is 0 Å². The maximum absolute atomic E-state index is 13.5. The summed E-state index contributed by atoms with van der Waals surface area (Å²) in [5.41, 5.74) is 3.76. The van der Waals surface area contributed by atoms with E-state index in [4.69, 9.17) is 4.74 Å². The molecule has 37 heavy (non-hydrogen) atoms. The molecule has 1 fully saturated rings. The molecule has 10 heteroatoms. The lowest BCUT2D eigenvalue weighted by Crippen LogP contribution is -2.58. The number of benzene rings is 2. The number of nitrogens with zero attached hydrogens (tertiary/aromatic N) is 4. The van der Waals surface area contributed by atoms with Gasteiger partial charge in [-0.1, -0.05) is 24.3 Å². The summed E-state index contributed by atoms with van der Waals surface area (Å²) in [5, 5.41) is 0. The standard InChI is InChI=1S/C27H31N5O4S/c1-17(2)31-11-12-32-21(15-31)16-36-24-14-23(25-18(3)7-5-8-19(25)4)28-27(29-24)30-37(34,35)22-10-6-9-20(13-22)26(32)33/h5-10,13-14,17,21H,11-12,15-16H2,1-4H3,(H,28,29,30)/t21-/m1/s1. The van der Waals surface area contributed by atoms with Gasteiger partial charge in [0.05, 0.1) is 16.6 Å². The number of nitrogens with one attached hydrogen (secondary N) is 1. The van der Waals surface area contributed by atoms with Crippen LogP contribution in [0.1, 0.15) is 35.3 Å². The van der Waals surface area contributed by atoms with Crippen molar-refractivity contribution in [2.75, 3.05) is 31.0 Å². The van der Waals surface area contributed by atoms with Crippen LogP contribution in [0.4, 0.5) is 5.95 Å². The van der Waals surface area contributed by atoms with Gasteiger partial charge in [0.2, 0.25) is 11.8 Å². The molecule has 0 unspecified atom stereocenters. The Morgan fingerprint density at radius 2 is 1.76 bits per heavy atom. The number of hydrogen-bond acceptors (Lipinski definition) is 7. The van der Waals surface area contributed by atoms with E-state index in [1.54, 1.807) is 23.1 Å². The zero-order valence-electron chi connectivity index (χ0n) is 21.4. The Morgan fingerprint density at radius 3 is 2.49 bits per heavy atom. The van der Waals surface area contributed by atoms with Crippen molar-refractivity contribution in [3.05, 3.63) is 65.2 Å². The van der Waals surface area contributed by atoms with E-state index in [-0.39, 0.29) is 35.3 Å². The van der Waals surface area contributed by atoms with Crippen molar-refractivity contribution in [2.45, 2.75) is 44.7 Å². The summed E-state index contributed by atoms with van der Waals surface area (Å²) in [4.78, 5) is 26.5. The highest BCUT2D eigenvalue weighted by Crippen LogP contribution is 2.30. The van der Waals surface area contributed by atoms with Gasteiger partial charge in [-0.05, 0) is 57.0 Å². The van der Waals surface area contributed by atoms with E-state index in [0.29, 0.717) is 30.4 Å². The molecule has 4 bridgehead atoms. The molecule has 2 aliphatic rings. The van der Waals surface area contributed by atoms with Gasteiger partial charge < -0.3 is 9.64 Å². The first-order valence-corrected chi connectivity index (χ1v) is 13.9. The van der Waals surface area contributed by atoms with Crippen LogP contribution in [0.5, 0.6) is 5.88 Å². The Morgan fingerprint density at radius 1 is 1.03 bits per heavy atom. The van der Waals surface area contributed by atoms with E-state index >= 15 is 0 Å². The first kappa shape index (κ1) is 25.2. The number of hydrogen-bond donors (Lipinski definition) is 1. The minimum absolute atomic E-state index is 0.0292. The number of anilines is 1. The second-order valence-corrected chi connectivity index (χ2v) is 11.5. The molecule has 2 aromatic carbocycles. The van der Waals surface area contributed by atoms with Gasteiger partial charge >= 0.3 is 0 Å². The third kappa shape index (κ3) is 5.03. The fraction of sp³-hybridized carbons (Fsp3) is 0.370. The molecule has 1 amide bonds. The van der Waals surface area contributed by atoms with Gasteiger partial charge in [0.1, 0.15) is 6.61 Å². The van der Waals surface area contributed by atoms with Gasteiger partial charge in [0.15, 0.2) is 0 Å². The molecule has 3 aromatic rings. The van der Waals surface area contributed by atoms with Crippen molar-refractivity contribution >= 4 is 21.9 Å². The maximum Gasteiger partial charge on any atom is 0.264 e. The second kappa shape index (κ2) is 9.75. The molecule has 1 N–H and O–H groups in total. The van der Waals surface area contributed by atoms with Crippen LogP contribution in [0.2, 0.25) is 0 Å². The minimum atomic E-state index is -4.06. The lowest BCUT2D eigenvalue weighted by molar-refractivity contribution is 0.0254. The molecule has 2 aliphatic heterocycles. The van der Waals surface area contributed by atoms with Gasteiger partial charge in [0.25, 0.3) is 15.9 Å². The number of carbonyl (C=O) groups is 1. The van der Waals surface area contributed by atoms with Crippen LogP contribution < -0.4 is 9.46 Å². The predicted octanol–water partition coefficient (Wildman–Crippen LogP) is 3.49. The van der Waals surface area contributed by atoms with Crippen LogP contribution in [0.15, 0.2) is 53.4 Å². The van der Waals surface area contributed by atoms with Crippen LogP contribution in [0, 0.1) is 13.8 Å². The van der Waals surface area contributed by atoms with E-state index in [1.807, 2.05) is 32.0 Å². The van der Waals surface area contributed by atoms with Gasteiger partial charge in [-0.15, -0.1) is 0 Å². The fourth-order valence-corrected chi connectivity index (χ4v) is 5.96.